The summed E-state index contributed by atoms with van der Waals surface area (Å²) in [5, 5.41) is 0. The summed E-state index contributed by atoms with van der Waals surface area (Å²) in [6, 6.07) is 18.8. The Morgan fingerprint density at radius 3 is 2.14 bits per heavy atom. The van der Waals surface area contributed by atoms with Crippen LogP contribution in [0.25, 0.3) is 0 Å². The zero-order valence-corrected chi connectivity index (χ0v) is 13.2. The first-order valence-corrected chi connectivity index (χ1v) is 7.96. The van der Waals surface area contributed by atoms with Crippen LogP contribution < -0.4 is 4.74 Å². The molecule has 0 saturated carbocycles. The van der Waals surface area contributed by atoms with Gasteiger partial charge in [0.05, 0.1) is 0 Å². The maximum Gasteiger partial charge on any atom is 0.119 e. The fourth-order valence-corrected chi connectivity index (χ4v) is 2.69. The topological polar surface area (TPSA) is 15.7 Å². The van der Waals surface area contributed by atoms with Crippen LogP contribution in [0.4, 0.5) is 0 Å². The molecule has 1 fully saturated rings. The number of piperazine rings is 1. The van der Waals surface area contributed by atoms with Crippen LogP contribution in [0.3, 0.4) is 0 Å². The van der Waals surface area contributed by atoms with Crippen LogP contribution in [0.5, 0.6) is 5.75 Å². The van der Waals surface area contributed by atoms with Gasteiger partial charge in [-0.3, -0.25) is 4.90 Å². The van der Waals surface area contributed by atoms with E-state index in [1.807, 2.05) is 30.3 Å². The molecular weight excluding hydrogens is 272 g/mol. The number of likely N-dealkylation sites (N-methyl/N-ethyl adjacent to an activating group) is 1. The Bertz CT molecular complexity index is 560. The molecular formula is C19H24N2O. The van der Waals surface area contributed by atoms with Gasteiger partial charge in [-0.25, -0.2) is 0 Å². The lowest BCUT2D eigenvalue weighted by Crippen LogP contribution is -2.43. The number of para-hydroxylation sites is 1. The lowest BCUT2D eigenvalue weighted by Gasteiger charge is -2.32. The summed E-state index contributed by atoms with van der Waals surface area (Å²) in [7, 11) is 2.19. The van der Waals surface area contributed by atoms with Crippen LogP contribution in [0.15, 0.2) is 54.6 Å². The first-order chi connectivity index (χ1) is 10.8. The fourth-order valence-electron chi connectivity index (χ4n) is 2.69. The number of benzene rings is 2. The zero-order chi connectivity index (χ0) is 15.2. The predicted molar refractivity (Wildman–Crippen MR) is 90.0 cm³/mol. The molecule has 0 aliphatic carbocycles. The van der Waals surface area contributed by atoms with Gasteiger partial charge in [0.2, 0.25) is 0 Å². The van der Waals surface area contributed by atoms with Crippen LogP contribution >= 0.6 is 0 Å². The molecule has 1 saturated heterocycles. The maximum absolute atomic E-state index is 5.78. The number of hydrogen-bond acceptors (Lipinski definition) is 3. The van der Waals surface area contributed by atoms with Gasteiger partial charge in [0.15, 0.2) is 0 Å². The summed E-state index contributed by atoms with van der Waals surface area (Å²) in [4.78, 5) is 4.91. The largest absolute Gasteiger partial charge is 0.489 e. The molecule has 0 aromatic heterocycles. The van der Waals surface area contributed by atoms with E-state index < -0.39 is 0 Å². The summed E-state index contributed by atoms with van der Waals surface area (Å²) in [5.41, 5.74) is 2.60. The summed E-state index contributed by atoms with van der Waals surface area (Å²) in [6.07, 6.45) is 0. The number of hydrogen-bond donors (Lipinski definition) is 0. The van der Waals surface area contributed by atoms with Crippen molar-refractivity contribution in [1.82, 2.24) is 9.80 Å². The molecule has 1 aliphatic rings. The van der Waals surface area contributed by atoms with Gasteiger partial charge in [-0.05, 0) is 30.3 Å². The quantitative estimate of drug-likeness (QED) is 0.843. The lowest BCUT2D eigenvalue weighted by atomic mass is 10.1. The van der Waals surface area contributed by atoms with E-state index in [0.717, 1.165) is 25.4 Å². The average Bonchev–Trinajstić information content (AvgIpc) is 2.57. The van der Waals surface area contributed by atoms with Gasteiger partial charge in [0.1, 0.15) is 12.4 Å². The first kappa shape index (κ1) is 15.1. The molecule has 3 rings (SSSR count). The van der Waals surface area contributed by atoms with E-state index in [0.29, 0.717) is 6.61 Å². The average molecular weight is 296 g/mol. The Kier molecular flexibility index (Phi) is 5.09. The Labute approximate surface area is 133 Å². The normalized spacial score (nSPS) is 16.6. The number of ether oxygens (including phenoxy) is 1. The van der Waals surface area contributed by atoms with Gasteiger partial charge in [-0.2, -0.15) is 0 Å². The second-order valence-electron chi connectivity index (χ2n) is 6.00. The van der Waals surface area contributed by atoms with Crippen molar-refractivity contribution in [3.8, 4) is 5.75 Å². The van der Waals surface area contributed by atoms with Crippen LogP contribution in [0, 0.1) is 0 Å². The van der Waals surface area contributed by atoms with Crippen molar-refractivity contribution in [3.05, 3.63) is 65.7 Å². The Balaban J connectivity index is 1.50. The van der Waals surface area contributed by atoms with Crippen molar-refractivity contribution >= 4 is 0 Å². The third kappa shape index (κ3) is 4.33. The van der Waals surface area contributed by atoms with Crippen LogP contribution in [0.2, 0.25) is 0 Å². The second kappa shape index (κ2) is 7.43. The van der Waals surface area contributed by atoms with E-state index in [9.17, 15) is 0 Å². The molecule has 3 heteroatoms. The van der Waals surface area contributed by atoms with E-state index in [-0.39, 0.29) is 0 Å². The number of rotatable bonds is 5. The predicted octanol–water partition coefficient (Wildman–Crippen LogP) is 3.01. The van der Waals surface area contributed by atoms with Crippen LogP contribution in [-0.4, -0.2) is 43.0 Å². The molecule has 0 radical (unpaired) electrons. The summed E-state index contributed by atoms with van der Waals surface area (Å²) in [6.45, 7) is 6.34. The van der Waals surface area contributed by atoms with Crippen LogP contribution in [-0.2, 0) is 13.2 Å². The van der Waals surface area contributed by atoms with Gasteiger partial charge in [0, 0.05) is 32.7 Å². The molecule has 0 bridgehead atoms. The van der Waals surface area contributed by atoms with Crippen molar-refractivity contribution in [1.29, 1.82) is 0 Å². The molecule has 2 aromatic carbocycles. The monoisotopic (exact) mass is 296 g/mol. The van der Waals surface area contributed by atoms with E-state index in [1.54, 1.807) is 0 Å². The molecule has 1 heterocycles. The van der Waals surface area contributed by atoms with E-state index in [2.05, 4.69) is 41.1 Å². The lowest BCUT2D eigenvalue weighted by molar-refractivity contribution is 0.148. The summed E-state index contributed by atoms with van der Waals surface area (Å²) in [5.74, 6) is 0.920. The summed E-state index contributed by atoms with van der Waals surface area (Å²) < 4.78 is 5.78. The van der Waals surface area contributed by atoms with E-state index >= 15 is 0 Å². The van der Waals surface area contributed by atoms with Crippen LogP contribution in [0.1, 0.15) is 11.1 Å². The highest BCUT2D eigenvalue weighted by Crippen LogP contribution is 2.13. The van der Waals surface area contributed by atoms with Gasteiger partial charge in [-0.1, -0.05) is 42.5 Å². The Morgan fingerprint density at radius 1 is 0.818 bits per heavy atom. The van der Waals surface area contributed by atoms with Crippen molar-refractivity contribution in [2.45, 2.75) is 13.2 Å². The smallest absolute Gasteiger partial charge is 0.119 e. The van der Waals surface area contributed by atoms with E-state index in [4.69, 9.17) is 4.74 Å². The Morgan fingerprint density at radius 2 is 1.45 bits per heavy atom. The zero-order valence-electron chi connectivity index (χ0n) is 13.2. The Hall–Kier alpha value is -1.84. The molecule has 1 aliphatic heterocycles. The first-order valence-electron chi connectivity index (χ1n) is 7.96. The number of nitrogens with zero attached hydrogens (tertiary/aromatic N) is 2. The van der Waals surface area contributed by atoms with Crippen molar-refractivity contribution in [3.63, 3.8) is 0 Å². The standard InChI is InChI=1S/C19H24N2O/c1-20-11-13-21(14-12-20)15-17-7-9-18(10-8-17)16-22-19-5-3-2-4-6-19/h2-10H,11-16H2,1H3. The van der Waals surface area contributed by atoms with Gasteiger partial charge < -0.3 is 9.64 Å². The molecule has 116 valence electrons. The molecule has 22 heavy (non-hydrogen) atoms. The molecule has 3 nitrogen and oxygen atoms in total. The molecule has 0 amide bonds. The van der Waals surface area contributed by atoms with Gasteiger partial charge >= 0.3 is 0 Å². The summed E-state index contributed by atoms with van der Waals surface area (Å²) >= 11 is 0. The highest BCUT2D eigenvalue weighted by atomic mass is 16.5. The van der Waals surface area contributed by atoms with Crippen molar-refractivity contribution in [2.24, 2.45) is 0 Å². The van der Waals surface area contributed by atoms with Gasteiger partial charge in [-0.15, -0.1) is 0 Å². The third-order valence-corrected chi connectivity index (χ3v) is 4.17. The van der Waals surface area contributed by atoms with Crippen molar-refractivity contribution in [2.75, 3.05) is 33.2 Å². The minimum atomic E-state index is 0.624. The SMILES string of the molecule is CN1CCN(Cc2ccc(COc3ccccc3)cc2)CC1. The second-order valence-corrected chi connectivity index (χ2v) is 6.00. The van der Waals surface area contributed by atoms with Crippen molar-refractivity contribution < 1.29 is 4.74 Å². The van der Waals surface area contributed by atoms with Gasteiger partial charge in [0.25, 0.3) is 0 Å². The van der Waals surface area contributed by atoms with E-state index in [1.165, 1.54) is 24.2 Å². The highest BCUT2D eigenvalue weighted by molar-refractivity contribution is 5.24. The molecule has 0 spiro atoms. The molecule has 2 aromatic rings. The minimum absolute atomic E-state index is 0.624. The molecule has 0 atom stereocenters. The fraction of sp³-hybridized carbons (Fsp3) is 0.368. The molecule has 0 N–H and O–H groups in total. The maximum atomic E-state index is 5.78. The third-order valence-electron chi connectivity index (χ3n) is 4.17. The molecule has 0 unspecified atom stereocenters. The highest BCUT2D eigenvalue weighted by Gasteiger charge is 2.13. The minimum Gasteiger partial charge on any atom is -0.489 e.